The van der Waals surface area contributed by atoms with E-state index in [1.165, 1.54) is 5.56 Å². The van der Waals surface area contributed by atoms with Crippen molar-refractivity contribution in [3.05, 3.63) is 58.3 Å². The zero-order valence-electron chi connectivity index (χ0n) is 14.8. The molecular weight excluding hydrogens is 312 g/mol. The number of benzene rings is 1. The predicted molar refractivity (Wildman–Crippen MR) is 98.3 cm³/mol. The van der Waals surface area contributed by atoms with Crippen LogP contribution in [0, 0.1) is 11.3 Å². The molecule has 0 saturated heterocycles. The second kappa shape index (κ2) is 7.22. The van der Waals surface area contributed by atoms with Crippen molar-refractivity contribution in [1.29, 1.82) is 5.26 Å². The zero-order valence-corrected chi connectivity index (χ0v) is 14.8. The van der Waals surface area contributed by atoms with E-state index in [0.29, 0.717) is 37.5 Å². The van der Waals surface area contributed by atoms with Crippen LogP contribution < -0.4 is 11.1 Å². The number of aromatic nitrogens is 1. The van der Waals surface area contributed by atoms with Crippen molar-refractivity contribution in [2.24, 2.45) is 5.73 Å². The Morgan fingerprint density at radius 2 is 2.04 bits per heavy atom. The molecule has 3 N–H and O–H groups in total. The fourth-order valence-electron chi connectivity index (χ4n) is 3.21. The molecule has 0 atom stereocenters. The molecule has 1 aliphatic heterocycles. The number of anilines is 1. The molecule has 1 aromatic carbocycles. The molecule has 0 fully saturated rings. The van der Waals surface area contributed by atoms with Gasteiger partial charge in [0, 0.05) is 31.5 Å². The van der Waals surface area contributed by atoms with Gasteiger partial charge in [-0.25, -0.2) is 4.98 Å². The molecular formula is C20H24N4O. The van der Waals surface area contributed by atoms with Crippen molar-refractivity contribution in [3.63, 3.8) is 0 Å². The molecule has 0 radical (unpaired) electrons. The first-order valence-corrected chi connectivity index (χ1v) is 8.60. The molecule has 1 aliphatic rings. The highest BCUT2D eigenvalue weighted by Crippen LogP contribution is 2.34. The molecule has 0 aliphatic carbocycles. The number of hydrogen-bond donors (Lipinski definition) is 2. The second-order valence-corrected chi connectivity index (χ2v) is 6.95. The van der Waals surface area contributed by atoms with E-state index in [2.05, 4.69) is 37.4 Å². The number of nitriles is 1. The normalized spacial score (nSPS) is 15.3. The van der Waals surface area contributed by atoms with Gasteiger partial charge in [0.2, 0.25) is 0 Å². The molecule has 5 heteroatoms. The van der Waals surface area contributed by atoms with E-state index in [1.54, 1.807) is 0 Å². The number of nitrogens with one attached hydrogen (secondary N) is 1. The van der Waals surface area contributed by atoms with E-state index in [9.17, 15) is 5.26 Å². The van der Waals surface area contributed by atoms with Crippen molar-refractivity contribution in [2.45, 2.75) is 38.9 Å². The number of nitrogens with zero attached hydrogens (tertiary/aromatic N) is 2. The summed E-state index contributed by atoms with van der Waals surface area (Å²) >= 11 is 0. The van der Waals surface area contributed by atoms with Crippen molar-refractivity contribution in [1.82, 2.24) is 4.98 Å². The molecule has 1 aromatic heterocycles. The fourth-order valence-corrected chi connectivity index (χ4v) is 3.21. The SMILES string of the molecule is CC1(C)Cc2c(C#N)c(NCCN)nc(Cc3ccccc3)c2CO1. The molecule has 2 aromatic rings. The molecule has 0 saturated carbocycles. The summed E-state index contributed by atoms with van der Waals surface area (Å²) in [7, 11) is 0. The van der Waals surface area contributed by atoms with Gasteiger partial charge in [0.1, 0.15) is 11.9 Å². The van der Waals surface area contributed by atoms with Gasteiger partial charge < -0.3 is 15.8 Å². The smallest absolute Gasteiger partial charge is 0.144 e. The Kier molecular flexibility index (Phi) is 5.03. The third-order valence-corrected chi connectivity index (χ3v) is 4.47. The largest absolute Gasteiger partial charge is 0.370 e. The summed E-state index contributed by atoms with van der Waals surface area (Å²) in [6.45, 7) is 5.68. The van der Waals surface area contributed by atoms with Crippen LogP contribution in [-0.4, -0.2) is 23.7 Å². The van der Waals surface area contributed by atoms with Crippen LogP contribution in [0.5, 0.6) is 0 Å². The second-order valence-electron chi connectivity index (χ2n) is 6.95. The van der Waals surface area contributed by atoms with Gasteiger partial charge in [0.25, 0.3) is 0 Å². The summed E-state index contributed by atoms with van der Waals surface area (Å²) in [5.41, 5.74) is 10.2. The van der Waals surface area contributed by atoms with Gasteiger partial charge in [-0.1, -0.05) is 30.3 Å². The molecule has 0 spiro atoms. The Balaban J connectivity index is 2.09. The van der Waals surface area contributed by atoms with Gasteiger partial charge in [-0.15, -0.1) is 0 Å². The van der Waals surface area contributed by atoms with Gasteiger partial charge in [-0.3, -0.25) is 0 Å². The van der Waals surface area contributed by atoms with E-state index in [1.807, 2.05) is 18.2 Å². The van der Waals surface area contributed by atoms with E-state index in [4.69, 9.17) is 15.5 Å². The lowest BCUT2D eigenvalue weighted by molar-refractivity contribution is -0.0406. The monoisotopic (exact) mass is 336 g/mol. The van der Waals surface area contributed by atoms with Crippen LogP contribution in [0.4, 0.5) is 5.82 Å². The first kappa shape index (κ1) is 17.4. The minimum absolute atomic E-state index is 0.283. The maximum atomic E-state index is 9.72. The fraction of sp³-hybridized carbons (Fsp3) is 0.400. The Labute approximate surface area is 148 Å². The maximum absolute atomic E-state index is 9.72. The molecule has 25 heavy (non-hydrogen) atoms. The number of fused-ring (bicyclic) bond motifs is 1. The van der Waals surface area contributed by atoms with E-state index in [0.717, 1.165) is 23.2 Å². The van der Waals surface area contributed by atoms with Crippen molar-refractivity contribution < 1.29 is 4.74 Å². The summed E-state index contributed by atoms with van der Waals surface area (Å²) in [6.07, 6.45) is 1.42. The highest BCUT2D eigenvalue weighted by atomic mass is 16.5. The quantitative estimate of drug-likeness (QED) is 0.877. The number of rotatable bonds is 5. The third kappa shape index (κ3) is 3.81. The molecule has 0 bridgehead atoms. The summed E-state index contributed by atoms with van der Waals surface area (Å²) < 4.78 is 6.00. The minimum Gasteiger partial charge on any atom is -0.370 e. The van der Waals surface area contributed by atoms with Crippen LogP contribution in [0.1, 0.15) is 41.8 Å². The summed E-state index contributed by atoms with van der Waals surface area (Å²) in [6, 6.07) is 12.6. The molecule has 3 rings (SSSR count). The summed E-state index contributed by atoms with van der Waals surface area (Å²) in [4.78, 5) is 4.77. The van der Waals surface area contributed by atoms with Crippen molar-refractivity contribution in [3.8, 4) is 6.07 Å². The van der Waals surface area contributed by atoms with Gasteiger partial charge >= 0.3 is 0 Å². The van der Waals surface area contributed by atoms with Gasteiger partial charge in [-0.2, -0.15) is 5.26 Å². The average molecular weight is 336 g/mol. The number of hydrogen-bond acceptors (Lipinski definition) is 5. The van der Waals surface area contributed by atoms with Crippen molar-refractivity contribution >= 4 is 5.82 Å². The van der Waals surface area contributed by atoms with E-state index in [-0.39, 0.29) is 5.60 Å². The van der Waals surface area contributed by atoms with E-state index >= 15 is 0 Å². The Morgan fingerprint density at radius 1 is 1.28 bits per heavy atom. The first-order valence-electron chi connectivity index (χ1n) is 8.60. The zero-order chi connectivity index (χ0) is 17.9. The minimum atomic E-state index is -0.283. The van der Waals surface area contributed by atoms with Crippen LogP contribution in [-0.2, 0) is 24.2 Å². The lowest BCUT2D eigenvalue weighted by Gasteiger charge is -2.33. The number of ether oxygens (including phenoxy) is 1. The van der Waals surface area contributed by atoms with Gasteiger partial charge in [0.05, 0.1) is 23.5 Å². The Morgan fingerprint density at radius 3 is 2.72 bits per heavy atom. The highest BCUT2D eigenvalue weighted by molar-refractivity contribution is 5.60. The highest BCUT2D eigenvalue weighted by Gasteiger charge is 2.31. The van der Waals surface area contributed by atoms with Crippen LogP contribution in [0.25, 0.3) is 0 Å². The Hall–Kier alpha value is -2.42. The van der Waals surface area contributed by atoms with Gasteiger partial charge in [0.15, 0.2) is 0 Å². The third-order valence-electron chi connectivity index (χ3n) is 4.47. The summed E-state index contributed by atoms with van der Waals surface area (Å²) in [5, 5.41) is 12.9. The molecule has 2 heterocycles. The molecule has 0 amide bonds. The summed E-state index contributed by atoms with van der Waals surface area (Å²) in [5.74, 6) is 0.635. The van der Waals surface area contributed by atoms with Crippen LogP contribution in [0.3, 0.4) is 0 Å². The number of nitrogens with two attached hydrogens (primary N) is 1. The first-order chi connectivity index (χ1) is 12.0. The lowest BCUT2D eigenvalue weighted by atomic mass is 9.87. The van der Waals surface area contributed by atoms with Crippen molar-refractivity contribution in [2.75, 3.05) is 18.4 Å². The van der Waals surface area contributed by atoms with Crippen LogP contribution in [0.15, 0.2) is 30.3 Å². The average Bonchev–Trinajstić information content (AvgIpc) is 2.59. The lowest BCUT2D eigenvalue weighted by Crippen LogP contribution is -2.33. The topological polar surface area (TPSA) is 84.0 Å². The predicted octanol–water partition coefficient (Wildman–Crippen LogP) is 2.77. The standard InChI is InChI=1S/C20H24N4O/c1-20(2)11-15-16(12-22)19(23-9-8-21)24-18(17(15)13-25-20)10-14-6-4-3-5-7-14/h3-7H,8-11,13,21H2,1-2H3,(H,23,24). The Bertz CT molecular complexity index is 794. The van der Waals surface area contributed by atoms with E-state index < -0.39 is 0 Å². The number of pyridine rings is 1. The van der Waals surface area contributed by atoms with Crippen LogP contribution >= 0.6 is 0 Å². The molecule has 0 unspecified atom stereocenters. The van der Waals surface area contributed by atoms with Crippen LogP contribution in [0.2, 0.25) is 0 Å². The molecule has 130 valence electrons. The molecule has 5 nitrogen and oxygen atoms in total. The van der Waals surface area contributed by atoms with Gasteiger partial charge in [-0.05, 0) is 25.0 Å². The maximum Gasteiger partial charge on any atom is 0.144 e.